The molecule has 110 valence electrons. The SMILES string of the molecule is CCc1nc(N2CCOCC2CNC2CC2)cc(=O)[nH]1. The average molecular weight is 278 g/mol. The first-order chi connectivity index (χ1) is 9.76. The second-order valence-corrected chi connectivity index (χ2v) is 5.51. The summed E-state index contributed by atoms with van der Waals surface area (Å²) in [4.78, 5) is 21.3. The Morgan fingerprint density at radius 3 is 3.15 bits per heavy atom. The van der Waals surface area contributed by atoms with E-state index < -0.39 is 0 Å². The number of hydrogen-bond acceptors (Lipinski definition) is 5. The molecule has 1 aliphatic heterocycles. The van der Waals surface area contributed by atoms with Gasteiger partial charge < -0.3 is 19.9 Å². The molecule has 1 atom stereocenters. The summed E-state index contributed by atoms with van der Waals surface area (Å²) in [6, 6.07) is 2.52. The normalized spacial score (nSPS) is 23.1. The molecule has 3 rings (SSSR count). The summed E-state index contributed by atoms with van der Waals surface area (Å²) >= 11 is 0. The molecule has 0 radical (unpaired) electrons. The molecule has 6 nitrogen and oxygen atoms in total. The second kappa shape index (κ2) is 5.93. The van der Waals surface area contributed by atoms with Crippen molar-refractivity contribution in [3.8, 4) is 0 Å². The van der Waals surface area contributed by atoms with Crippen LogP contribution in [0.25, 0.3) is 0 Å². The minimum absolute atomic E-state index is 0.0766. The molecule has 2 fully saturated rings. The molecule has 1 aromatic heterocycles. The summed E-state index contributed by atoms with van der Waals surface area (Å²) in [5.74, 6) is 1.52. The van der Waals surface area contributed by atoms with Crippen molar-refractivity contribution in [1.82, 2.24) is 15.3 Å². The monoisotopic (exact) mass is 278 g/mol. The molecule has 0 bridgehead atoms. The van der Waals surface area contributed by atoms with E-state index in [0.717, 1.165) is 31.2 Å². The highest BCUT2D eigenvalue weighted by Gasteiger charge is 2.28. The van der Waals surface area contributed by atoms with Gasteiger partial charge in [-0.2, -0.15) is 0 Å². The molecule has 1 aliphatic carbocycles. The van der Waals surface area contributed by atoms with Crippen molar-refractivity contribution >= 4 is 5.82 Å². The number of morpholine rings is 1. The molecule has 2 heterocycles. The van der Waals surface area contributed by atoms with Crippen LogP contribution in [-0.2, 0) is 11.2 Å². The van der Waals surface area contributed by atoms with Gasteiger partial charge in [-0.25, -0.2) is 4.98 Å². The molecule has 1 aromatic rings. The predicted octanol–water partition coefficient (Wildman–Crippen LogP) is 0.290. The van der Waals surface area contributed by atoms with E-state index >= 15 is 0 Å². The van der Waals surface area contributed by atoms with Gasteiger partial charge in [-0.3, -0.25) is 4.79 Å². The fourth-order valence-electron chi connectivity index (χ4n) is 2.52. The van der Waals surface area contributed by atoms with Crippen LogP contribution in [0.15, 0.2) is 10.9 Å². The number of ether oxygens (including phenoxy) is 1. The zero-order valence-electron chi connectivity index (χ0n) is 11.9. The third-order valence-corrected chi connectivity index (χ3v) is 3.85. The lowest BCUT2D eigenvalue weighted by atomic mass is 10.2. The van der Waals surface area contributed by atoms with Gasteiger partial charge in [0.25, 0.3) is 5.56 Å². The number of nitrogens with zero attached hydrogens (tertiary/aromatic N) is 2. The lowest BCUT2D eigenvalue weighted by molar-refractivity contribution is 0.0932. The van der Waals surface area contributed by atoms with Crippen molar-refractivity contribution in [1.29, 1.82) is 0 Å². The maximum absolute atomic E-state index is 11.7. The summed E-state index contributed by atoms with van der Waals surface area (Å²) in [6.07, 6.45) is 3.28. The van der Waals surface area contributed by atoms with Gasteiger partial charge in [-0.15, -0.1) is 0 Å². The van der Waals surface area contributed by atoms with Gasteiger partial charge >= 0.3 is 0 Å². The highest BCUT2D eigenvalue weighted by atomic mass is 16.5. The zero-order chi connectivity index (χ0) is 13.9. The minimum atomic E-state index is -0.0766. The lowest BCUT2D eigenvalue weighted by Crippen LogP contribution is -2.51. The minimum Gasteiger partial charge on any atom is -0.377 e. The van der Waals surface area contributed by atoms with Crippen LogP contribution in [0.3, 0.4) is 0 Å². The van der Waals surface area contributed by atoms with Gasteiger partial charge in [-0.1, -0.05) is 6.92 Å². The first-order valence-electron chi connectivity index (χ1n) is 7.44. The lowest BCUT2D eigenvalue weighted by Gasteiger charge is -2.36. The van der Waals surface area contributed by atoms with Gasteiger partial charge in [0.05, 0.1) is 19.3 Å². The number of hydrogen-bond donors (Lipinski definition) is 2. The molecule has 2 aliphatic rings. The Hall–Kier alpha value is -1.40. The van der Waals surface area contributed by atoms with Gasteiger partial charge in [0, 0.05) is 31.6 Å². The van der Waals surface area contributed by atoms with Crippen LogP contribution >= 0.6 is 0 Å². The van der Waals surface area contributed by atoms with Crippen LogP contribution in [0.4, 0.5) is 5.82 Å². The van der Waals surface area contributed by atoms with Crippen LogP contribution in [0.1, 0.15) is 25.6 Å². The first kappa shape index (κ1) is 13.6. The van der Waals surface area contributed by atoms with Gasteiger partial charge in [0.2, 0.25) is 0 Å². The fraction of sp³-hybridized carbons (Fsp3) is 0.714. The number of aryl methyl sites for hydroxylation is 1. The smallest absolute Gasteiger partial charge is 0.252 e. The Labute approximate surface area is 118 Å². The molecular formula is C14H22N4O2. The molecule has 6 heteroatoms. The largest absolute Gasteiger partial charge is 0.377 e. The summed E-state index contributed by atoms with van der Waals surface area (Å²) in [6.45, 7) is 5.05. The van der Waals surface area contributed by atoms with Crippen LogP contribution in [-0.4, -0.2) is 48.4 Å². The number of aromatic nitrogens is 2. The van der Waals surface area contributed by atoms with Crippen molar-refractivity contribution < 1.29 is 4.74 Å². The first-order valence-corrected chi connectivity index (χ1v) is 7.44. The van der Waals surface area contributed by atoms with Crippen LogP contribution in [0.2, 0.25) is 0 Å². The highest BCUT2D eigenvalue weighted by molar-refractivity contribution is 5.39. The third-order valence-electron chi connectivity index (χ3n) is 3.85. The maximum Gasteiger partial charge on any atom is 0.252 e. The van der Waals surface area contributed by atoms with Crippen molar-refractivity contribution in [3.63, 3.8) is 0 Å². The second-order valence-electron chi connectivity index (χ2n) is 5.51. The van der Waals surface area contributed by atoms with E-state index in [1.807, 2.05) is 6.92 Å². The number of aromatic amines is 1. The van der Waals surface area contributed by atoms with E-state index in [-0.39, 0.29) is 11.6 Å². The Kier molecular flexibility index (Phi) is 4.03. The van der Waals surface area contributed by atoms with Crippen molar-refractivity contribution in [3.05, 3.63) is 22.2 Å². The van der Waals surface area contributed by atoms with E-state index in [2.05, 4.69) is 20.2 Å². The van der Waals surface area contributed by atoms with Crippen molar-refractivity contribution in [2.45, 2.75) is 38.3 Å². The van der Waals surface area contributed by atoms with E-state index in [1.165, 1.54) is 12.8 Å². The molecule has 1 saturated carbocycles. The van der Waals surface area contributed by atoms with Crippen LogP contribution in [0, 0.1) is 0 Å². The Morgan fingerprint density at radius 2 is 2.40 bits per heavy atom. The number of H-pyrrole nitrogens is 1. The molecule has 20 heavy (non-hydrogen) atoms. The molecule has 1 saturated heterocycles. The predicted molar refractivity (Wildman–Crippen MR) is 77.2 cm³/mol. The molecule has 1 unspecified atom stereocenters. The quantitative estimate of drug-likeness (QED) is 0.810. The Morgan fingerprint density at radius 1 is 1.55 bits per heavy atom. The summed E-state index contributed by atoms with van der Waals surface area (Å²) < 4.78 is 5.58. The average Bonchev–Trinajstić information content (AvgIpc) is 3.29. The highest BCUT2D eigenvalue weighted by Crippen LogP contribution is 2.20. The van der Waals surface area contributed by atoms with Crippen molar-refractivity contribution in [2.24, 2.45) is 0 Å². The molecule has 0 amide bonds. The van der Waals surface area contributed by atoms with Crippen LogP contribution in [0.5, 0.6) is 0 Å². The molecule has 0 aromatic carbocycles. The van der Waals surface area contributed by atoms with E-state index in [1.54, 1.807) is 6.07 Å². The topological polar surface area (TPSA) is 70.2 Å². The summed E-state index contributed by atoms with van der Waals surface area (Å²) in [7, 11) is 0. The Bertz CT molecular complexity index is 512. The molecule has 0 spiro atoms. The number of anilines is 1. The Balaban J connectivity index is 1.77. The van der Waals surface area contributed by atoms with E-state index in [9.17, 15) is 4.79 Å². The molecular weight excluding hydrogens is 256 g/mol. The van der Waals surface area contributed by atoms with Gasteiger partial charge in [-0.05, 0) is 12.8 Å². The van der Waals surface area contributed by atoms with E-state index in [4.69, 9.17) is 4.74 Å². The van der Waals surface area contributed by atoms with Gasteiger partial charge in [0.15, 0.2) is 0 Å². The summed E-state index contributed by atoms with van der Waals surface area (Å²) in [5, 5.41) is 3.53. The number of nitrogens with one attached hydrogen (secondary N) is 2. The van der Waals surface area contributed by atoms with E-state index in [0.29, 0.717) is 19.3 Å². The third kappa shape index (κ3) is 3.19. The van der Waals surface area contributed by atoms with Crippen molar-refractivity contribution in [2.75, 3.05) is 31.2 Å². The van der Waals surface area contributed by atoms with Crippen LogP contribution < -0.4 is 15.8 Å². The number of rotatable bonds is 5. The van der Waals surface area contributed by atoms with Gasteiger partial charge in [0.1, 0.15) is 11.6 Å². The summed E-state index contributed by atoms with van der Waals surface area (Å²) in [5.41, 5.74) is -0.0766. The zero-order valence-corrected chi connectivity index (χ0v) is 11.9. The molecule has 2 N–H and O–H groups in total. The maximum atomic E-state index is 11.7. The fourth-order valence-corrected chi connectivity index (χ4v) is 2.52. The standard InChI is InChI=1S/C14H22N4O2/c1-2-12-16-13(7-14(19)17-12)18-5-6-20-9-11(18)8-15-10-3-4-10/h7,10-11,15H,2-6,8-9H2,1H3,(H,16,17,19).